The highest BCUT2D eigenvalue weighted by molar-refractivity contribution is 7.80. The first kappa shape index (κ1) is 20.5. The van der Waals surface area contributed by atoms with Crippen LogP contribution in [0.15, 0.2) is 23.2 Å². The van der Waals surface area contributed by atoms with Gasteiger partial charge in [0, 0.05) is 23.7 Å². The van der Waals surface area contributed by atoms with Crippen molar-refractivity contribution in [2.24, 2.45) is 10.9 Å². The first-order valence-electron chi connectivity index (χ1n) is 9.02. The van der Waals surface area contributed by atoms with Crippen molar-refractivity contribution in [2.75, 3.05) is 13.7 Å². The first-order chi connectivity index (χ1) is 12.7. The van der Waals surface area contributed by atoms with Crippen molar-refractivity contribution in [2.45, 2.75) is 46.3 Å². The fourth-order valence-corrected chi connectivity index (χ4v) is 4.99. The highest BCUT2D eigenvalue weighted by atomic mass is 35.5. The van der Waals surface area contributed by atoms with Gasteiger partial charge >= 0.3 is 0 Å². The molecule has 0 saturated carbocycles. The van der Waals surface area contributed by atoms with Crippen LogP contribution in [0.5, 0.6) is 5.75 Å². The van der Waals surface area contributed by atoms with Crippen LogP contribution in [0.2, 0.25) is 5.02 Å². The molecule has 0 unspecified atom stereocenters. The number of thiazole rings is 1. The Kier molecular flexibility index (Phi) is 6.11. The van der Waals surface area contributed by atoms with E-state index in [1.165, 1.54) is 10.6 Å². The van der Waals surface area contributed by atoms with Crippen LogP contribution in [0.1, 0.15) is 43.8 Å². The molecule has 7 heteroatoms. The SMILES string of the molecule is COc1ccc(Cl)cc1C(=S)/N=c1\sc2c(n1CC(C)C)CCOC2(C)C. The number of ether oxygens (including phenoxy) is 2. The van der Waals surface area contributed by atoms with Gasteiger partial charge in [-0.3, -0.25) is 0 Å². The lowest BCUT2D eigenvalue weighted by molar-refractivity contribution is -0.0299. The summed E-state index contributed by atoms with van der Waals surface area (Å²) in [5.41, 5.74) is 1.74. The van der Waals surface area contributed by atoms with Crippen LogP contribution < -0.4 is 9.54 Å². The summed E-state index contributed by atoms with van der Waals surface area (Å²) in [6, 6.07) is 5.41. The zero-order valence-electron chi connectivity index (χ0n) is 16.3. The molecule has 0 spiro atoms. The molecular formula is C20H25ClN2O2S2. The Labute approximate surface area is 174 Å². The van der Waals surface area contributed by atoms with E-state index in [2.05, 4.69) is 32.3 Å². The van der Waals surface area contributed by atoms with E-state index in [0.717, 1.165) is 29.9 Å². The minimum Gasteiger partial charge on any atom is -0.496 e. The summed E-state index contributed by atoms with van der Waals surface area (Å²) in [7, 11) is 1.62. The lowest BCUT2D eigenvalue weighted by Crippen LogP contribution is -2.30. The molecule has 1 aromatic carbocycles. The smallest absolute Gasteiger partial charge is 0.191 e. The van der Waals surface area contributed by atoms with E-state index >= 15 is 0 Å². The number of halogens is 1. The highest BCUT2D eigenvalue weighted by Gasteiger charge is 2.33. The van der Waals surface area contributed by atoms with Crippen molar-refractivity contribution in [1.29, 1.82) is 0 Å². The number of thiocarbonyl (C=S) groups is 1. The van der Waals surface area contributed by atoms with Gasteiger partial charge in [0.25, 0.3) is 0 Å². The molecule has 2 aromatic rings. The second kappa shape index (κ2) is 8.03. The summed E-state index contributed by atoms with van der Waals surface area (Å²) in [5.74, 6) is 1.18. The van der Waals surface area contributed by atoms with Crippen molar-refractivity contribution in [3.8, 4) is 5.75 Å². The van der Waals surface area contributed by atoms with E-state index in [0.29, 0.717) is 21.7 Å². The molecule has 4 nitrogen and oxygen atoms in total. The molecule has 1 aliphatic rings. The van der Waals surface area contributed by atoms with Gasteiger partial charge < -0.3 is 14.0 Å². The largest absolute Gasteiger partial charge is 0.496 e. The van der Waals surface area contributed by atoms with Crippen LogP contribution in [0.25, 0.3) is 0 Å². The summed E-state index contributed by atoms with van der Waals surface area (Å²) >= 11 is 13.5. The number of nitrogens with zero attached hydrogens (tertiary/aromatic N) is 2. The fraction of sp³-hybridized carbons (Fsp3) is 0.500. The Morgan fingerprint density at radius 1 is 1.44 bits per heavy atom. The molecule has 0 saturated heterocycles. The van der Waals surface area contributed by atoms with E-state index in [4.69, 9.17) is 38.3 Å². The summed E-state index contributed by atoms with van der Waals surface area (Å²) in [6.07, 6.45) is 0.894. The highest BCUT2D eigenvalue weighted by Crippen LogP contribution is 2.35. The van der Waals surface area contributed by atoms with E-state index in [9.17, 15) is 0 Å². The predicted octanol–water partition coefficient (Wildman–Crippen LogP) is 4.95. The van der Waals surface area contributed by atoms with Crippen LogP contribution in [0, 0.1) is 5.92 Å². The normalized spacial score (nSPS) is 16.5. The van der Waals surface area contributed by atoms with E-state index in [-0.39, 0.29) is 5.60 Å². The lowest BCUT2D eigenvalue weighted by Gasteiger charge is -2.30. The summed E-state index contributed by atoms with van der Waals surface area (Å²) in [6.45, 7) is 10.3. The molecule has 0 fully saturated rings. The van der Waals surface area contributed by atoms with Crippen LogP contribution in [0.4, 0.5) is 0 Å². The summed E-state index contributed by atoms with van der Waals surface area (Å²) in [5, 5.41) is 0.610. The minimum atomic E-state index is -0.305. The van der Waals surface area contributed by atoms with Crippen molar-refractivity contribution in [1.82, 2.24) is 4.57 Å². The number of rotatable bonds is 4. The van der Waals surface area contributed by atoms with Crippen LogP contribution in [0.3, 0.4) is 0 Å². The van der Waals surface area contributed by atoms with E-state index < -0.39 is 0 Å². The Balaban J connectivity index is 2.15. The van der Waals surface area contributed by atoms with Crippen LogP contribution in [-0.2, 0) is 23.3 Å². The van der Waals surface area contributed by atoms with Gasteiger partial charge in [-0.05, 0) is 38.0 Å². The van der Waals surface area contributed by atoms with Crippen molar-refractivity contribution < 1.29 is 9.47 Å². The number of methoxy groups -OCH3 is 1. The zero-order valence-corrected chi connectivity index (χ0v) is 18.7. The standard InChI is InChI=1S/C20H25ClN2O2S2/c1-12(2)11-23-15-8-9-25-20(3,4)17(15)27-19(23)22-18(26)14-10-13(21)6-7-16(14)24-5/h6-7,10,12H,8-9,11H2,1-5H3/b22-19-. The molecule has 0 aliphatic carbocycles. The molecule has 0 amide bonds. The Hall–Kier alpha value is -1.21. The third kappa shape index (κ3) is 4.29. The van der Waals surface area contributed by atoms with Gasteiger partial charge in [-0.2, -0.15) is 0 Å². The number of hydrogen-bond donors (Lipinski definition) is 0. The minimum absolute atomic E-state index is 0.305. The Morgan fingerprint density at radius 3 is 2.85 bits per heavy atom. The molecule has 0 bridgehead atoms. The molecule has 146 valence electrons. The molecule has 1 aromatic heterocycles. The maximum absolute atomic E-state index is 6.16. The van der Waals surface area contributed by atoms with Gasteiger partial charge in [0.1, 0.15) is 10.7 Å². The third-order valence-corrected chi connectivity index (χ3v) is 6.47. The van der Waals surface area contributed by atoms with Gasteiger partial charge in [-0.25, -0.2) is 4.99 Å². The van der Waals surface area contributed by atoms with Gasteiger partial charge in [0.05, 0.1) is 29.8 Å². The molecule has 1 aliphatic heterocycles. The Morgan fingerprint density at radius 2 is 2.19 bits per heavy atom. The van der Waals surface area contributed by atoms with Crippen molar-refractivity contribution >= 4 is 40.1 Å². The molecular weight excluding hydrogens is 400 g/mol. The van der Waals surface area contributed by atoms with Crippen molar-refractivity contribution in [3.63, 3.8) is 0 Å². The maximum atomic E-state index is 6.16. The average molecular weight is 425 g/mol. The van der Waals surface area contributed by atoms with Gasteiger partial charge in [-0.15, -0.1) is 0 Å². The Bertz CT molecular complexity index is 929. The topological polar surface area (TPSA) is 35.8 Å². The quantitative estimate of drug-likeness (QED) is 0.651. The number of benzene rings is 1. The second-order valence-corrected chi connectivity index (χ2v) is 9.34. The third-order valence-electron chi connectivity index (χ3n) is 4.50. The van der Waals surface area contributed by atoms with Crippen molar-refractivity contribution in [3.05, 3.63) is 44.2 Å². The first-order valence-corrected chi connectivity index (χ1v) is 10.6. The summed E-state index contributed by atoms with van der Waals surface area (Å²) < 4.78 is 13.7. The van der Waals surface area contributed by atoms with Crippen LogP contribution in [-0.4, -0.2) is 23.3 Å². The predicted molar refractivity (Wildman–Crippen MR) is 115 cm³/mol. The molecule has 3 rings (SSSR count). The van der Waals surface area contributed by atoms with Gasteiger partial charge in [0.15, 0.2) is 4.80 Å². The number of hydrogen-bond acceptors (Lipinski definition) is 4. The molecule has 2 heterocycles. The van der Waals surface area contributed by atoms with Crippen LogP contribution >= 0.6 is 35.2 Å². The maximum Gasteiger partial charge on any atom is 0.191 e. The van der Waals surface area contributed by atoms with E-state index in [1.807, 2.05) is 6.07 Å². The van der Waals surface area contributed by atoms with Gasteiger partial charge in [0.2, 0.25) is 0 Å². The molecule has 0 radical (unpaired) electrons. The fourth-order valence-electron chi connectivity index (χ4n) is 3.26. The second-order valence-electron chi connectivity index (χ2n) is 7.54. The molecule has 0 N–H and O–H groups in total. The van der Waals surface area contributed by atoms with E-state index in [1.54, 1.807) is 30.6 Å². The monoisotopic (exact) mass is 424 g/mol. The number of aromatic nitrogens is 1. The summed E-state index contributed by atoms with van der Waals surface area (Å²) in [4.78, 5) is 7.43. The van der Waals surface area contributed by atoms with Gasteiger partial charge in [-0.1, -0.05) is 49.0 Å². The molecule has 0 atom stereocenters. The lowest BCUT2D eigenvalue weighted by atomic mass is 10.0. The zero-order chi connectivity index (χ0) is 19.8. The number of fused-ring (bicyclic) bond motifs is 1. The molecule has 27 heavy (non-hydrogen) atoms. The average Bonchev–Trinajstić information content (AvgIpc) is 2.93.